The number of aliphatic hydroxyl groups excluding tert-OH is 1. The van der Waals surface area contributed by atoms with E-state index in [9.17, 15) is 43.2 Å². The summed E-state index contributed by atoms with van der Waals surface area (Å²) in [6.07, 6.45) is 59.3. The fraction of sp³-hybridized carbons (Fsp3) is 0.899. The highest BCUT2D eigenvalue weighted by molar-refractivity contribution is 7.47. The van der Waals surface area contributed by atoms with Crippen LogP contribution in [0.25, 0.3) is 0 Å². The Labute approximate surface area is 599 Å². The molecular formula is C79H150O17P2. The SMILES string of the molecule is CCCCCC/C=C\C=C/CCCCCCCC(=O)OC[C@H](COP(=O)(O)OCC(O)COP(=O)(O)OC[C@@H](COC(=O)CCCCCCCCCC(C)C)OC(=O)CCCCCCCCCCCCCCCCCCCCC(C)CC)OC(=O)CCCCCCCCCCC(C)C. The third kappa shape index (κ3) is 70.6. The highest BCUT2D eigenvalue weighted by atomic mass is 31.2. The maximum Gasteiger partial charge on any atom is 0.472 e. The molecule has 0 heterocycles. The monoisotopic (exact) mass is 1430 g/mol. The highest BCUT2D eigenvalue weighted by Crippen LogP contribution is 2.45. The normalized spacial score (nSPS) is 14.4. The van der Waals surface area contributed by atoms with Gasteiger partial charge in [0.25, 0.3) is 0 Å². The van der Waals surface area contributed by atoms with E-state index < -0.39 is 97.5 Å². The predicted molar refractivity (Wildman–Crippen MR) is 400 cm³/mol. The van der Waals surface area contributed by atoms with Gasteiger partial charge in [-0.25, -0.2) is 9.13 Å². The minimum absolute atomic E-state index is 0.0974. The van der Waals surface area contributed by atoms with Gasteiger partial charge >= 0.3 is 39.5 Å². The molecule has 17 nitrogen and oxygen atoms in total. The van der Waals surface area contributed by atoms with Gasteiger partial charge in [0.05, 0.1) is 26.4 Å². The van der Waals surface area contributed by atoms with Crippen LogP contribution >= 0.6 is 15.6 Å². The first-order valence-electron chi connectivity index (χ1n) is 40.2. The van der Waals surface area contributed by atoms with Crippen molar-refractivity contribution in [3.63, 3.8) is 0 Å². The number of rotatable bonds is 75. The molecule has 578 valence electrons. The Morgan fingerprint density at radius 3 is 0.908 bits per heavy atom. The number of phosphoric acid groups is 2. The molecule has 98 heavy (non-hydrogen) atoms. The van der Waals surface area contributed by atoms with Crippen molar-refractivity contribution in [3.05, 3.63) is 24.3 Å². The van der Waals surface area contributed by atoms with Crippen LogP contribution in [0.3, 0.4) is 0 Å². The van der Waals surface area contributed by atoms with Crippen molar-refractivity contribution in [2.75, 3.05) is 39.6 Å². The summed E-state index contributed by atoms with van der Waals surface area (Å²) in [5.41, 5.74) is 0. The van der Waals surface area contributed by atoms with E-state index in [4.69, 9.17) is 37.0 Å². The van der Waals surface area contributed by atoms with Crippen LogP contribution in [-0.2, 0) is 65.4 Å². The van der Waals surface area contributed by atoms with Gasteiger partial charge in [0.2, 0.25) is 0 Å². The van der Waals surface area contributed by atoms with Crippen molar-refractivity contribution < 1.29 is 80.2 Å². The van der Waals surface area contributed by atoms with Crippen molar-refractivity contribution in [3.8, 4) is 0 Å². The molecule has 0 aliphatic heterocycles. The quantitative estimate of drug-likeness (QED) is 0.0169. The molecule has 0 aromatic carbocycles. The second-order valence-electron chi connectivity index (χ2n) is 29.0. The van der Waals surface area contributed by atoms with E-state index >= 15 is 0 Å². The molecule has 0 radical (unpaired) electrons. The molecule has 0 spiro atoms. The molecule has 3 N–H and O–H groups in total. The van der Waals surface area contributed by atoms with Crippen molar-refractivity contribution in [1.29, 1.82) is 0 Å². The van der Waals surface area contributed by atoms with Crippen molar-refractivity contribution in [2.24, 2.45) is 17.8 Å². The van der Waals surface area contributed by atoms with Crippen LogP contribution in [0.5, 0.6) is 0 Å². The zero-order valence-corrected chi connectivity index (χ0v) is 65.5. The van der Waals surface area contributed by atoms with Crippen LogP contribution < -0.4 is 0 Å². The molecule has 0 rings (SSSR count). The Morgan fingerprint density at radius 2 is 0.602 bits per heavy atom. The van der Waals surface area contributed by atoms with Gasteiger partial charge in [0.15, 0.2) is 12.2 Å². The molecule has 0 aliphatic rings. The molecule has 0 aromatic heterocycles. The number of carbonyl (C=O) groups excluding carboxylic acids is 4. The van der Waals surface area contributed by atoms with Gasteiger partial charge in [0.1, 0.15) is 19.3 Å². The first-order valence-corrected chi connectivity index (χ1v) is 43.2. The van der Waals surface area contributed by atoms with Crippen molar-refractivity contribution in [1.82, 2.24) is 0 Å². The lowest BCUT2D eigenvalue weighted by atomic mass is 9.99. The van der Waals surface area contributed by atoms with Crippen LogP contribution in [0.1, 0.15) is 382 Å². The zero-order valence-electron chi connectivity index (χ0n) is 63.7. The van der Waals surface area contributed by atoms with Gasteiger partial charge in [0, 0.05) is 25.7 Å². The largest absolute Gasteiger partial charge is 0.472 e. The number of ether oxygens (including phenoxy) is 4. The first kappa shape index (κ1) is 95.5. The van der Waals surface area contributed by atoms with Crippen molar-refractivity contribution >= 4 is 39.5 Å². The summed E-state index contributed by atoms with van der Waals surface area (Å²) in [6.45, 7) is 11.8. The number of carbonyl (C=O) groups is 4. The van der Waals surface area contributed by atoms with E-state index in [1.54, 1.807) is 0 Å². The Kier molecular flexibility index (Phi) is 67.2. The summed E-state index contributed by atoms with van der Waals surface area (Å²) in [6, 6.07) is 0. The van der Waals surface area contributed by atoms with Crippen LogP contribution in [0.15, 0.2) is 24.3 Å². The number of allylic oxidation sites excluding steroid dienone is 4. The Hall–Kier alpha value is -2.46. The second-order valence-corrected chi connectivity index (χ2v) is 31.9. The van der Waals surface area contributed by atoms with Crippen LogP contribution in [0.4, 0.5) is 0 Å². The molecule has 0 amide bonds. The number of hydrogen-bond acceptors (Lipinski definition) is 15. The highest BCUT2D eigenvalue weighted by Gasteiger charge is 2.30. The van der Waals surface area contributed by atoms with Gasteiger partial charge in [-0.1, -0.05) is 330 Å². The lowest BCUT2D eigenvalue weighted by Crippen LogP contribution is -2.30. The predicted octanol–water partition coefficient (Wildman–Crippen LogP) is 22.9. The lowest BCUT2D eigenvalue weighted by Gasteiger charge is -2.21. The molecule has 0 aliphatic carbocycles. The van der Waals surface area contributed by atoms with Crippen LogP contribution in [0, 0.1) is 17.8 Å². The number of aliphatic hydroxyl groups is 1. The van der Waals surface area contributed by atoms with Gasteiger partial charge in [-0.05, 0) is 69.1 Å². The smallest absolute Gasteiger partial charge is 0.462 e. The molecule has 0 aromatic rings. The Balaban J connectivity index is 5.19. The van der Waals surface area contributed by atoms with E-state index in [1.165, 1.54) is 167 Å². The minimum Gasteiger partial charge on any atom is -0.462 e. The first-order chi connectivity index (χ1) is 47.3. The van der Waals surface area contributed by atoms with Gasteiger partial charge in [-0.2, -0.15) is 0 Å². The molecule has 19 heteroatoms. The standard InChI is InChI=1S/C79H150O17P2/c1-8-10-11-12-13-14-15-16-21-25-28-31-39-46-53-60-76(81)89-66-74(96-79(84)63-56-49-41-34-33-36-43-50-57-70(3)4)68-93-97(85,86)91-64-73(80)65-92-98(87,88)94-69-75(67-90-77(82)61-54-47-42-35-37-44-51-58-71(5)6)95-78(83)62-55-48-40-32-29-26-23-20-18-17-19-22-24-27-30-38-45-52-59-72(7)9-2/h14-16,21,70-75,80H,8-13,17-20,22-69H2,1-7H3,(H,85,86)(H,87,88)/b15-14-,21-16-/t72?,73?,74-,75-/m1/s1. The molecule has 0 fully saturated rings. The van der Waals surface area contributed by atoms with Gasteiger partial charge in [-0.15, -0.1) is 0 Å². The summed E-state index contributed by atoms with van der Waals surface area (Å²) in [5.74, 6) is 0.140. The summed E-state index contributed by atoms with van der Waals surface area (Å²) in [4.78, 5) is 72.8. The Morgan fingerprint density at radius 1 is 0.337 bits per heavy atom. The summed E-state index contributed by atoms with van der Waals surface area (Å²) in [7, 11) is -9.93. The molecular weight excluding hydrogens is 1280 g/mol. The van der Waals surface area contributed by atoms with E-state index in [1.807, 2.05) is 0 Å². The van der Waals surface area contributed by atoms with Gasteiger partial charge < -0.3 is 33.8 Å². The number of phosphoric ester groups is 2. The summed E-state index contributed by atoms with van der Waals surface area (Å²) >= 11 is 0. The summed E-state index contributed by atoms with van der Waals surface area (Å²) in [5, 5.41) is 10.6. The maximum absolute atomic E-state index is 13.1. The maximum atomic E-state index is 13.1. The summed E-state index contributed by atoms with van der Waals surface area (Å²) < 4.78 is 68.5. The van der Waals surface area contributed by atoms with Crippen LogP contribution in [0.2, 0.25) is 0 Å². The molecule has 0 bridgehead atoms. The lowest BCUT2D eigenvalue weighted by molar-refractivity contribution is -0.161. The average Bonchev–Trinajstić information content (AvgIpc) is 0.995. The van der Waals surface area contributed by atoms with E-state index in [-0.39, 0.29) is 25.7 Å². The van der Waals surface area contributed by atoms with E-state index in [2.05, 4.69) is 72.8 Å². The number of esters is 4. The molecule has 0 saturated heterocycles. The molecule has 4 unspecified atom stereocenters. The minimum atomic E-state index is -4.96. The zero-order chi connectivity index (χ0) is 72.3. The third-order valence-electron chi connectivity index (χ3n) is 18.1. The van der Waals surface area contributed by atoms with Crippen molar-refractivity contribution in [2.45, 2.75) is 401 Å². The second kappa shape index (κ2) is 68.9. The third-order valence-corrected chi connectivity index (χ3v) is 20.0. The fourth-order valence-corrected chi connectivity index (χ4v) is 13.1. The van der Waals surface area contributed by atoms with Crippen LogP contribution in [-0.4, -0.2) is 96.7 Å². The Bertz CT molecular complexity index is 2000. The average molecular weight is 1430 g/mol. The molecule has 6 atom stereocenters. The van der Waals surface area contributed by atoms with E-state index in [0.29, 0.717) is 37.5 Å². The number of unbranched alkanes of at least 4 members (excludes halogenated alkanes) is 39. The number of hydrogen-bond donors (Lipinski definition) is 3. The molecule has 0 saturated carbocycles. The van der Waals surface area contributed by atoms with Gasteiger partial charge in [-0.3, -0.25) is 37.3 Å². The van der Waals surface area contributed by atoms with E-state index in [0.717, 1.165) is 121 Å². The fourth-order valence-electron chi connectivity index (χ4n) is 11.6. The topological polar surface area (TPSA) is 237 Å².